The normalized spacial score (nSPS) is 23.7. The molecule has 176 valence electrons. The Morgan fingerprint density at radius 2 is 2.07 bits per heavy atom. The van der Waals surface area contributed by atoms with Crippen molar-refractivity contribution in [1.82, 2.24) is 15.5 Å². The summed E-state index contributed by atoms with van der Waals surface area (Å²) in [4.78, 5) is 27.0. The predicted octanol–water partition coefficient (Wildman–Crippen LogP) is 1.67. The number of carboxylic acids is 1. The fraction of sp³-hybridized carbons (Fsp3) is 0.905. The van der Waals surface area contributed by atoms with Crippen LogP contribution >= 0.6 is 24.4 Å². The van der Waals surface area contributed by atoms with Crippen LogP contribution < -0.4 is 16.4 Å². The lowest BCUT2D eigenvalue weighted by molar-refractivity contribution is -0.142. The highest BCUT2D eigenvalue weighted by molar-refractivity contribution is 7.98. The molecule has 0 aromatic rings. The number of likely N-dealkylation sites (tertiary alicyclic amines) is 1. The lowest BCUT2D eigenvalue weighted by atomic mass is 9.95. The molecule has 5 N–H and O–H groups in total. The largest absolute Gasteiger partial charge is 0.480 e. The first-order valence-electron chi connectivity index (χ1n) is 11.1. The number of carbonyl (C=O) groups is 2. The third-order valence-electron chi connectivity index (χ3n) is 6.28. The molecule has 1 aliphatic rings. The number of hydrogen-bond acceptors (Lipinski definition) is 7. The average molecular weight is 463 g/mol. The Labute approximate surface area is 192 Å². The van der Waals surface area contributed by atoms with Gasteiger partial charge in [0.25, 0.3) is 0 Å². The maximum absolute atomic E-state index is 13.2. The van der Waals surface area contributed by atoms with E-state index in [0.29, 0.717) is 30.4 Å². The van der Waals surface area contributed by atoms with Crippen molar-refractivity contribution in [2.45, 2.75) is 70.6 Å². The molecule has 30 heavy (non-hydrogen) atoms. The molecule has 0 radical (unpaired) electrons. The SMILES string of the molecule is CC[C@@H]1CCN(C[C@@H](NC[C@@H](N)CS)[C@@H](C)CC)[C@@H]1C(=O)N[C@@H](CCSC)C(=O)O. The van der Waals surface area contributed by atoms with E-state index in [1.54, 1.807) is 11.8 Å². The van der Waals surface area contributed by atoms with E-state index in [4.69, 9.17) is 5.73 Å². The molecule has 0 aromatic carbocycles. The summed E-state index contributed by atoms with van der Waals surface area (Å²) in [6.07, 6.45) is 5.27. The summed E-state index contributed by atoms with van der Waals surface area (Å²) >= 11 is 5.86. The average Bonchev–Trinajstić information content (AvgIpc) is 3.15. The molecule has 0 aliphatic carbocycles. The first kappa shape index (κ1) is 27.6. The number of aliphatic carboxylic acids is 1. The Kier molecular flexibility index (Phi) is 13.4. The van der Waals surface area contributed by atoms with E-state index in [2.05, 4.69) is 48.9 Å². The van der Waals surface area contributed by atoms with Gasteiger partial charge in [0.05, 0.1) is 6.04 Å². The summed E-state index contributed by atoms with van der Waals surface area (Å²) in [6.45, 7) is 8.79. The molecule has 1 heterocycles. The zero-order valence-electron chi connectivity index (χ0n) is 19.0. The van der Waals surface area contributed by atoms with Gasteiger partial charge in [-0.15, -0.1) is 0 Å². The number of hydrogen-bond donors (Lipinski definition) is 5. The van der Waals surface area contributed by atoms with Crippen molar-refractivity contribution in [3.8, 4) is 0 Å². The summed E-state index contributed by atoms with van der Waals surface area (Å²) in [5.41, 5.74) is 6.04. The van der Waals surface area contributed by atoms with Gasteiger partial charge in [-0.05, 0) is 43.2 Å². The van der Waals surface area contributed by atoms with Gasteiger partial charge in [-0.3, -0.25) is 9.69 Å². The standard InChI is InChI=1S/C21H42N4O3S2/c1-5-14(3)18(23-11-16(22)13-29)12-25-9-7-15(6-2)19(25)20(26)24-17(21(27)28)8-10-30-4/h14-19,23,29H,5-13,22H2,1-4H3,(H,24,26)(H,27,28)/t14-,15+,16+,17-,18+,19-/m0/s1. The molecular formula is C21H42N4O3S2. The molecule has 6 atom stereocenters. The Hall–Kier alpha value is -0.480. The monoisotopic (exact) mass is 462 g/mol. The van der Waals surface area contributed by atoms with Crippen LogP contribution in [0.25, 0.3) is 0 Å². The van der Waals surface area contributed by atoms with Crippen LogP contribution in [0, 0.1) is 11.8 Å². The first-order chi connectivity index (χ1) is 14.3. The zero-order valence-corrected chi connectivity index (χ0v) is 20.7. The zero-order chi connectivity index (χ0) is 22.7. The highest BCUT2D eigenvalue weighted by Crippen LogP contribution is 2.28. The van der Waals surface area contributed by atoms with Crippen LogP contribution in [0.1, 0.15) is 46.5 Å². The second-order valence-corrected chi connectivity index (χ2v) is 9.77. The van der Waals surface area contributed by atoms with Gasteiger partial charge in [-0.2, -0.15) is 24.4 Å². The van der Waals surface area contributed by atoms with Gasteiger partial charge in [0.2, 0.25) is 5.91 Å². The molecule has 0 unspecified atom stereocenters. The van der Waals surface area contributed by atoms with E-state index >= 15 is 0 Å². The van der Waals surface area contributed by atoms with Crippen molar-refractivity contribution in [2.24, 2.45) is 17.6 Å². The number of amides is 1. The van der Waals surface area contributed by atoms with E-state index in [-0.39, 0.29) is 30.0 Å². The molecule has 1 fully saturated rings. The minimum atomic E-state index is -0.963. The minimum absolute atomic E-state index is 0.00582. The molecule has 7 nitrogen and oxygen atoms in total. The topological polar surface area (TPSA) is 108 Å². The Bertz CT molecular complexity index is 526. The second kappa shape index (κ2) is 14.6. The molecule has 0 bridgehead atoms. The van der Waals surface area contributed by atoms with Crippen molar-refractivity contribution < 1.29 is 14.7 Å². The Balaban J connectivity index is 2.89. The van der Waals surface area contributed by atoms with Gasteiger partial charge in [0, 0.05) is 30.9 Å². The number of nitrogens with zero attached hydrogens (tertiary/aromatic N) is 1. The van der Waals surface area contributed by atoms with E-state index in [1.165, 1.54) is 0 Å². The van der Waals surface area contributed by atoms with Crippen LogP contribution in [-0.2, 0) is 9.59 Å². The first-order valence-corrected chi connectivity index (χ1v) is 13.2. The Morgan fingerprint density at radius 1 is 1.37 bits per heavy atom. The highest BCUT2D eigenvalue weighted by atomic mass is 32.2. The van der Waals surface area contributed by atoms with E-state index in [9.17, 15) is 14.7 Å². The lowest BCUT2D eigenvalue weighted by Crippen LogP contribution is -2.55. The highest BCUT2D eigenvalue weighted by Gasteiger charge is 2.40. The molecule has 0 saturated carbocycles. The molecule has 1 amide bonds. The number of nitrogens with one attached hydrogen (secondary N) is 2. The minimum Gasteiger partial charge on any atom is -0.480 e. The summed E-state index contributed by atoms with van der Waals surface area (Å²) in [6, 6.07) is -0.896. The number of nitrogens with two attached hydrogens (primary N) is 1. The molecule has 9 heteroatoms. The van der Waals surface area contributed by atoms with Crippen LogP contribution in [0.4, 0.5) is 0 Å². The van der Waals surface area contributed by atoms with Gasteiger partial charge >= 0.3 is 5.97 Å². The summed E-state index contributed by atoms with van der Waals surface area (Å²) in [5.74, 6) is 0.901. The third kappa shape index (κ3) is 8.57. The molecule has 1 aliphatic heterocycles. The maximum atomic E-state index is 13.2. The summed E-state index contributed by atoms with van der Waals surface area (Å²) in [7, 11) is 0. The van der Waals surface area contributed by atoms with E-state index in [1.807, 2.05) is 6.26 Å². The predicted molar refractivity (Wildman–Crippen MR) is 129 cm³/mol. The van der Waals surface area contributed by atoms with Crippen LogP contribution in [0.2, 0.25) is 0 Å². The number of carbonyl (C=O) groups excluding carboxylic acids is 1. The molecule has 0 aromatic heterocycles. The number of thioether (sulfide) groups is 1. The van der Waals surface area contributed by atoms with Crippen molar-refractivity contribution >= 4 is 36.3 Å². The third-order valence-corrected chi connectivity index (χ3v) is 7.40. The second-order valence-electron chi connectivity index (χ2n) is 8.42. The number of carboxylic acid groups (broad SMARTS) is 1. The van der Waals surface area contributed by atoms with Crippen molar-refractivity contribution in [2.75, 3.05) is 37.4 Å². The van der Waals surface area contributed by atoms with Crippen LogP contribution in [-0.4, -0.2) is 83.4 Å². The molecule has 1 rings (SSSR count). The van der Waals surface area contributed by atoms with Gasteiger partial charge in [-0.1, -0.05) is 33.6 Å². The lowest BCUT2D eigenvalue weighted by Gasteiger charge is -2.34. The smallest absolute Gasteiger partial charge is 0.326 e. The van der Waals surface area contributed by atoms with Gasteiger partial charge in [0.15, 0.2) is 0 Å². The van der Waals surface area contributed by atoms with Crippen LogP contribution in [0.3, 0.4) is 0 Å². The summed E-state index contributed by atoms with van der Waals surface area (Å²) < 4.78 is 0. The van der Waals surface area contributed by atoms with E-state index in [0.717, 1.165) is 32.4 Å². The summed E-state index contributed by atoms with van der Waals surface area (Å²) in [5, 5.41) is 15.9. The van der Waals surface area contributed by atoms with Gasteiger partial charge in [-0.25, -0.2) is 4.79 Å². The van der Waals surface area contributed by atoms with Crippen LogP contribution in [0.5, 0.6) is 0 Å². The fourth-order valence-electron chi connectivity index (χ4n) is 4.04. The number of thiol groups is 1. The van der Waals surface area contributed by atoms with Gasteiger partial charge in [0.1, 0.15) is 6.04 Å². The fourth-order valence-corrected chi connectivity index (χ4v) is 4.64. The van der Waals surface area contributed by atoms with Crippen molar-refractivity contribution in [3.63, 3.8) is 0 Å². The van der Waals surface area contributed by atoms with Crippen molar-refractivity contribution in [1.29, 1.82) is 0 Å². The van der Waals surface area contributed by atoms with E-state index < -0.39 is 12.0 Å². The van der Waals surface area contributed by atoms with Crippen molar-refractivity contribution in [3.05, 3.63) is 0 Å². The Morgan fingerprint density at radius 3 is 2.60 bits per heavy atom. The maximum Gasteiger partial charge on any atom is 0.326 e. The molecule has 1 saturated heterocycles. The van der Waals surface area contributed by atoms with Gasteiger partial charge < -0.3 is 21.5 Å². The molecular weight excluding hydrogens is 420 g/mol. The number of rotatable bonds is 15. The van der Waals surface area contributed by atoms with Crippen LogP contribution in [0.15, 0.2) is 0 Å². The quantitative estimate of drug-likeness (QED) is 0.236. The molecule has 0 spiro atoms.